The molecular weight excluding hydrogens is 130 g/mol. The number of amides is 1. The number of likely N-dealkylation sites (tertiary alicyclic amines) is 1. The fraction of sp³-hybridized carbons (Fsp3) is 0.429. The number of terminal acetylenes is 1. The fourth-order valence-electron chi connectivity index (χ4n) is 0.882. The van der Waals surface area contributed by atoms with Crippen molar-refractivity contribution in [3.05, 3.63) is 0 Å². The molecule has 0 atom stereocenters. The number of carbonyl (C=O) groups excluding carboxylic acids is 2. The van der Waals surface area contributed by atoms with Gasteiger partial charge in [0.15, 0.2) is 0 Å². The molecule has 1 saturated heterocycles. The smallest absolute Gasteiger partial charge is 0.290 e. The first-order valence-electron chi connectivity index (χ1n) is 3.01. The van der Waals surface area contributed by atoms with E-state index in [0.29, 0.717) is 13.0 Å². The number of rotatable bonds is 1. The van der Waals surface area contributed by atoms with Crippen LogP contribution in [0, 0.1) is 12.3 Å². The molecule has 0 aromatic carbocycles. The molecule has 0 aromatic rings. The molecule has 0 bridgehead atoms. The van der Waals surface area contributed by atoms with Crippen molar-refractivity contribution < 1.29 is 9.59 Å². The van der Waals surface area contributed by atoms with Crippen LogP contribution in [0.3, 0.4) is 0 Å². The van der Waals surface area contributed by atoms with Crippen molar-refractivity contribution in [1.82, 2.24) is 4.90 Å². The average molecular weight is 137 g/mol. The Kier molecular flexibility index (Phi) is 1.72. The third-order valence-corrected chi connectivity index (χ3v) is 1.42. The second kappa shape index (κ2) is 2.53. The largest absolute Gasteiger partial charge is 0.325 e. The van der Waals surface area contributed by atoms with Crippen molar-refractivity contribution in [3.63, 3.8) is 0 Å². The van der Waals surface area contributed by atoms with E-state index in [1.807, 2.05) is 0 Å². The van der Waals surface area contributed by atoms with Crippen LogP contribution in [0.25, 0.3) is 0 Å². The van der Waals surface area contributed by atoms with Crippen molar-refractivity contribution in [2.45, 2.75) is 6.42 Å². The van der Waals surface area contributed by atoms with Crippen LogP contribution < -0.4 is 0 Å². The molecule has 1 amide bonds. The fourth-order valence-corrected chi connectivity index (χ4v) is 0.882. The van der Waals surface area contributed by atoms with Crippen LogP contribution >= 0.6 is 0 Å². The maximum Gasteiger partial charge on any atom is 0.290 e. The molecule has 0 spiro atoms. The molecular formula is C7H7NO2. The molecule has 1 fully saturated rings. The number of carbonyl (C=O) groups is 2. The number of hydrogen-bond acceptors (Lipinski definition) is 2. The standard InChI is InChI=1S/C7H7NO2/c1-2-4-8-5-3-6(9)7(8)10/h1H,3-5H2. The normalized spacial score (nSPS) is 17.7. The summed E-state index contributed by atoms with van der Waals surface area (Å²) in [4.78, 5) is 22.8. The van der Waals surface area contributed by atoms with Gasteiger partial charge in [0.05, 0.1) is 6.54 Å². The summed E-state index contributed by atoms with van der Waals surface area (Å²) < 4.78 is 0. The van der Waals surface area contributed by atoms with Gasteiger partial charge in [0, 0.05) is 13.0 Å². The number of nitrogens with zero attached hydrogens (tertiary/aromatic N) is 1. The zero-order chi connectivity index (χ0) is 7.56. The van der Waals surface area contributed by atoms with E-state index in [0.717, 1.165) is 0 Å². The summed E-state index contributed by atoms with van der Waals surface area (Å²) in [6, 6.07) is 0. The van der Waals surface area contributed by atoms with E-state index in [2.05, 4.69) is 5.92 Å². The lowest BCUT2D eigenvalue weighted by Crippen LogP contribution is -2.27. The summed E-state index contributed by atoms with van der Waals surface area (Å²) in [6.07, 6.45) is 5.28. The van der Waals surface area contributed by atoms with E-state index in [1.54, 1.807) is 0 Å². The third-order valence-electron chi connectivity index (χ3n) is 1.42. The van der Waals surface area contributed by atoms with E-state index >= 15 is 0 Å². The highest BCUT2D eigenvalue weighted by molar-refractivity contribution is 6.37. The Morgan fingerprint density at radius 2 is 2.30 bits per heavy atom. The minimum atomic E-state index is -0.432. The minimum absolute atomic E-state index is 0.255. The van der Waals surface area contributed by atoms with Crippen molar-refractivity contribution in [2.24, 2.45) is 0 Å². The summed E-state index contributed by atoms with van der Waals surface area (Å²) >= 11 is 0. The minimum Gasteiger partial charge on any atom is -0.325 e. The highest BCUT2D eigenvalue weighted by Crippen LogP contribution is 2.04. The van der Waals surface area contributed by atoms with Crippen LogP contribution in [-0.2, 0) is 9.59 Å². The lowest BCUT2D eigenvalue weighted by atomic mass is 10.3. The zero-order valence-electron chi connectivity index (χ0n) is 5.46. The summed E-state index contributed by atoms with van der Waals surface area (Å²) in [5.74, 6) is 1.56. The van der Waals surface area contributed by atoms with Gasteiger partial charge >= 0.3 is 0 Å². The van der Waals surface area contributed by atoms with Crippen molar-refractivity contribution in [2.75, 3.05) is 13.1 Å². The van der Waals surface area contributed by atoms with Gasteiger partial charge in [0.25, 0.3) is 5.91 Å². The van der Waals surface area contributed by atoms with Crippen LogP contribution in [0.2, 0.25) is 0 Å². The molecule has 0 radical (unpaired) electrons. The number of hydrogen-bond donors (Lipinski definition) is 0. The summed E-state index contributed by atoms with van der Waals surface area (Å²) in [5.41, 5.74) is 0. The van der Waals surface area contributed by atoms with Crippen LogP contribution in [0.4, 0.5) is 0 Å². The highest BCUT2D eigenvalue weighted by atomic mass is 16.2. The van der Waals surface area contributed by atoms with Crippen molar-refractivity contribution in [3.8, 4) is 12.3 Å². The Labute approximate surface area is 59.0 Å². The zero-order valence-corrected chi connectivity index (χ0v) is 5.46. The van der Waals surface area contributed by atoms with Gasteiger partial charge < -0.3 is 4.90 Å². The van der Waals surface area contributed by atoms with E-state index < -0.39 is 5.91 Å². The van der Waals surface area contributed by atoms with E-state index in [4.69, 9.17) is 6.42 Å². The van der Waals surface area contributed by atoms with Gasteiger partial charge in [0.2, 0.25) is 5.78 Å². The topological polar surface area (TPSA) is 37.4 Å². The van der Waals surface area contributed by atoms with E-state index in [9.17, 15) is 9.59 Å². The Morgan fingerprint density at radius 1 is 1.60 bits per heavy atom. The predicted molar refractivity (Wildman–Crippen MR) is 35.0 cm³/mol. The monoisotopic (exact) mass is 137 g/mol. The van der Waals surface area contributed by atoms with Crippen LogP contribution in [0.15, 0.2) is 0 Å². The molecule has 1 aliphatic heterocycles. The third kappa shape index (κ3) is 1.01. The molecule has 0 aromatic heterocycles. The summed E-state index contributed by atoms with van der Waals surface area (Å²) in [6.45, 7) is 0.743. The first-order chi connectivity index (χ1) is 4.75. The van der Waals surface area contributed by atoms with Crippen molar-refractivity contribution in [1.29, 1.82) is 0 Å². The van der Waals surface area contributed by atoms with Gasteiger partial charge in [0.1, 0.15) is 0 Å². The van der Waals surface area contributed by atoms with E-state index in [1.165, 1.54) is 4.90 Å². The first kappa shape index (κ1) is 6.81. The summed E-state index contributed by atoms with van der Waals surface area (Å²) in [5, 5.41) is 0. The molecule has 10 heavy (non-hydrogen) atoms. The molecule has 0 aliphatic carbocycles. The Balaban J connectivity index is 2.59. The highest BCUT2D eigenvalue weighted by Gasteiger charge is 2.27. The second-order valence-corrected chi connectivity index (χ2v) is 2.10. The molecule has 3 nitrogen and oxygen atoms in total. The van der Waals surface area contributed by atoms with Gasteiger partial charge in [-0.25, -0.2) is 0 Å². The Hall–Kier alpha value is -1.30. The first-order valence-corrected chi connectivity index (χ1v) is 3.01. The summed E-state index contributed by atoms with van der Waals surface area (Å²) in [7, 11) is 0. The van der Waals surface area contributed by atoms with Gasteiger partial charge in [-0.1, -0.05) is 5.92 Å². The SMILES string of the molecule is C#CCN1CCC(=O)C1=O. The lowest BCUT2D eigenvalue weighted by Gasteiger charge is -2.07. The van der Waals surface area contributed by atoms with E-state index in [-0.39, 0.29) is 12.3 Å². The Morgan fingerprint density at radius 3 is 2.70 bits per heavy atom. The second-order valence-electron chi connectivity index (χ2n) is 2.10. The average Bonchev–Trinajstić information content (AvgIpc) is 2.20. The van der Waals surface area contributed by atoms with Gasteiger partial charge in [-0.2, -0.15) is 0 Å². The molecule has 1 aliphatic rings. The lowest BCUT2D eigenvalue weighted by molar-refractivity contribution is -0.139. The molecule has 52 valence electrons. The Bertz CT molecular complexity index is 214. The van der Waals surface area contributed by atoms with Crippen LogP contribution in [-0.4, -0.2) is 29.7 Å². The van der Waals surface area contributed by atoms with Gasteiger partial charge in [-0.15, -0.1) is 6.42 Å². The van der Waals surface area contributed by atoms with Crippen LogP contribution in [0.5, 0.6) is 0 Å². The number of Topliss-reactive ketones (excluding diaryl/α,β-unsaturated/α-hetero) is 1. The molecule has 0 saturated carbocycles. The van der Waals surface area contributed by atoms with Crippen molar-refractivity contribution >= 4 is 11.7 Å². The quantitative estimate of drug-likeness (QED) is 0.358. The maximum absolute atomic E-state index is 10.8. The number of ketones is 1. The van der Waals surface area contributed by atoms with Gasteiger partial charge in [-0.05, 0) is 0 Å². The maximum atomic E-state index is 10.8. The molecule has 0 N–H and O–H groups in total. The molecule has 0 unspecified atom stereocenters. The van der Waals surface area contributed by atoms with Gasteiger partial charge in [-0.3, -0.25) is 9.59 Å². The van der Waals surface area contributed by atoms with Crippen LogP contribution in [0.1, 0.15) is 6.42 Å². The molecule has 1 heterocycles. The molecule has 1 rings (SSSR count). The molecule has 3 heteroatoms. The predicted octanol–water partition coefficient (Wildman–Crippen LogP) is -0.579.